The summed E-state index contributed by atoms with van der Waals surface area (Å²) in [6.07, 6.45) is 10.0. The van der Waals surface area contributed by atoms with Gasteiger partial charge in [-0.3, -0.25) is 14.6 Å². The van der Waals surface area contributed by atoms with Gasteiger partial charge in [0, 0.05) is 50.1 Å². The topological polar surface area (TPSA) is 62.7 Å². The fourth-order valence-electron chi connectivity index (χ4n) is 4.58. The van der Waals surface area contributed by atoms with E-state index in [0.29, 0.717) is 37.7 Å². The molecule has 0 saturated carbocycles. The zero-order valence-electron chi connectivity index (χ0n) is 17.9. The Morgan fingerprint density at radius 3 is 2.65 bits per heavy atom. The van der Waals surface area contributed by atoms with E-state index >= 15 is 0 Å². The summed E-state index contributed by atoms with van der Waals surface area (Å²) in [4.78, 5) is 33.9. The first-order valence-electron chi connectivity index (χ1n) is 10.9. The lowest BCUT2D eigenvalue weighted by molar-refractivity contribution is -0.137. The highest BCUT2D eigenvalue weighted by molar-refractivity contribution is 5.94. The van der Waals surface area contributed by atoms with Crippen LogP contribution in [0.4, 0.5) is 0 Å². The van der Waals surface area contributed by atoms with Crippen LogP contribution in [0.2, 0.25) is 0 Å². The first-order chi connectivity index (χ1) is 15.2. The molecule has 0 spiro atoms. The Morgan fingerprint density at radius 1 is 1.13 bits per heavy atom. The van der Waals surface area contributed by atoms with Crippen LogP contribution in [0.5, 0.6) is 5.75 Å². The van der Waals surface area contributed by atoms with Crippen LogP contribution in [-0.4, -0.2) is 53.3 Å². The maximum Gasteiger partial charge on any atom is 0.253 e. The van der Waals surface area contributed by atoms with Crippen LogP contribution in [0.3, 0.4) is 0 Å². The molecule has 3 heterocycles. The van der Waals surface area contributed by atoms with E-state index < -0.39 is 0 Å². The summed E-state index contributed by atoms with van der Waals surface area (Å²) in [5.74, 6) is 1.34. The van der Waals surface area contributed by atoms with Gasteiger partial charge in [0.1, 0.15) is 5.75 Å². The van der Waals surface area contributed by atoms with Crippen molar-refractivity contribution in [3.05, 3.63) is 72.1 Å². The Balaban J connectivity index is 1.39. The number of pyridine rings is 1. The summed E-state index contributed by atoms with van der Waals surface area (Å²) in [7, 11) is 1.65. The predicted octanol–water partition coefficient (Wildman–Crippen LogP) is 3.55. The molecule has 2 aliphatic heterocycles. The number of carbonyl (C=O) groups is 2. The molecule has 1 aromatic heterocycles. The zero-order chi connectivity index (χ0) is 21.6. The highest BCUT2D eigenvalue weighted by atomic mass is 16.5. The third-order valence-corrected chi connectivity index (χ3v) is 6.34. The minimum Gasteiger partial charge on any atom is -0.497 e. The Bertz CT molecular complexity index is 936. The van der Waals surface area contributed by atoms with Gasteiger partial charge in [0.2, 0.25) is 5.91 Å². The maximum atomic E-state index is 13.4. The summed E-state index contributed by atoms with van der Waals surface area (Å²) < 4.78 is 5.32. The van der Waals surface area contributed by atoms with E-state index in [1.807, 2.05) is 34.1 Å². The average molecular weight is 420 g/mol. The first kappa shape index (κ1) is 21.1. The van der Waals surface area contributed by atoms with Crippen LogP contribution < -0.4 is 4.74 Å². The summed E-state index contributed by atoms with van der Waals surface area (Å²) in [6.45, 7) is 2.59. The number of likely N-dealkylation sites (tertiary alicyclic amines) is 1. The van der Waals surface area contributed by atoms with Crippen LogP contribution in [0.15, 0.2) is 60.9 Å². The normalized spacial score (nSPS) is 19.9. The summed E-state index contributed by atoms with van der Waals surface area (Å²) in [6, 6.07) is 11.4. The fraction of sp³-hybridized carbons (Fsp3) is 0.400. The number of methoxy groups -OCH3 is 1. The second-order valence-corrected chi connectivity index (χ2v) is 8.25. The highest BCUT2D eigenvalue weighted by Crippen LogP contribution is 2.31. The molecule has 31 heavy (non-hydrogen) atoms. The lowest BCUT2D eigenvalue weighted by Crippen LogP contribution is -2.44. The molecule has 1 unspecified atom stereocenters. The Labute approximate surface area is 183 Å². The quantitative estimate of drug-likeness (QED) is 0.696. The minimum atomic E-state index is -0.0254. The molecule has 1 aromatic carbocycles. The third-order valence-electron chi connectivity index (χ3n) is 6.34. The highest BCUT2D eigenvalue weighted by Gasteiger charge is 2.35. The number of hydrogen-bond donors (Lipinski definition) is 0. The van der Waals surface area contributed by atoms with E-state index in [9.17, 15) is 9.59 Å². The summed E-state index contributed by atoms with van der Waals surface area (Å²) >= 11 is 0. The number of allylic oxidation sites excluding steroid dienone is 1. The van der Waals surface area contributed by atoms with Gasteiger partial charge in [-0.1, -0.05) is 24.3 Å². The van der Waals surface area contributed by atoms with Crippen molar-refractivity contribution in [2.45, 2.75) is 25.8 Å². The molecule has 0 radical (unpaired) electrons. The number of amides is 2. The molecule has 1 saturated heterocycles. The second kappa shape index (κ2) is 9.77. The second-order valence-electron chi connectivity index (χ2n) is 8.25. The lowest BCUT2D eigenvalue weighted by Gasteiger charge is -2.36. The van der Waals surface area contributed by atoms with Gasteiger partial charge in [-0.15, -0.1) is 0 Å². The monoisotopic (exact) mass is 419 g/mol. The molecule has 6 heteroatoms. The van der Waals surface area contributed by atoms with Crippen molar-refractivity contribution >= 4 is 11.8 Å². The van der Waals surface area contributed by atoms with Gasteiger partial charge in [-0.2, -0.15) is 0 Å². The average Bonchev–Trinajstić information content (AvgIpc) is 3.01. The van der Waals surface area contributed by atoms with Crippen LogP contribution in [0.1, 0.15) is 35.2 Å². The Hall–Kier alpha value is -3.15. The van der Waals surface area contributed by atoms with Crippen LogP contribution >= 0.6 is 0 Å². The first-order valence-corrected chi connectivity index (χ1v) is 10.9. The van der Waals surface area contributed by atoms with Gasteiger partial charge in [0.25, 0.3) is 5.91 Å². The molecule has 4 rings (SSSR count). The minimum absolute atomic E-state index is 0.0254. The number of hydrogen-bond acceptors (Lipinski definition) is 4. The summed E-state index contributed by atoms with van der Waals surface area (Å²) in [5.41, 5.74) is 1.74. The van der Waals surface area contributed by atoms with Crippen molar-refractivity contribution in [1.82, 2.24) is 14.8 Å². The van der Waals surface area contributed by atoms with Crippen molar-refractivity contribution in [2.24, 2.45) is 11.8 Å². The van der Waals surface area contributed by atoms with E-state index in [1.54, 1.807) is 31.6 Å². The Kier molecular flexibility index (Phi) is 6.65. The number of benzene rings is 1. The van der Waals surface area contributed by atoms with Crippen LogP contribution in [-0.2, 0) is 11.3 Å². The molecule has 2 aliphatic rings. The number of rotatable bonds is 5. The molecule has 0 aliphatic carbocycles. The molecule has 1 atom stereocenters. The van der Waals surface area contributed by atoms with Crippen molar-refractivity contribution in [3.8, 4) is 5.75 Å². The molecule has 6 nitrogen and oxygen atoms in total. The standard InChI is InChI=1S/C25H29N3O3/c1-31-22-6-4-5-19(17-22)18-28-14-3-2-7-23(25(28)30)20-10-15-27(16-11-20)24(29)21-8-12-26-13-9-21/h2-6,8-9,12-13,17,20,23H,7,10-11,14-16,18H2,1H3. The van der Waals surface area contributed by atoms with Gasteiger partial charge >= 0.3 is 0 Å². The van der Waals surface area contributed by atoms with E-state index in [-0.39, 0.29) is 17.7 Å². The Morgan fingerprint density at radius 2 is 1.90 bits per heavy atom. The molecule has 2 amide bonds. The third kappa shape index (κ3) is 4.95. The van der Waals surface area contributed by atoms with Gasteiger partial charge in [0.05, 0.1) is 7.11 Å². The predicted molar refractivity (Wildman–Crippen MR) is 119 cm³/mol. The van der Waals surface area contributed by atoms with Gasteiger partial charge in [-0.05, 0) is 55.0 Å². The van der Waals surface area contributed by atoms with Crippen LogP contribution in [0.25, 0.3) is 0 Å². The summed E-state index contributed by atoms with van der Waals surface area (Å²) in [5, 5.41) is 0. The number of nitrogens with zero attached hydrogens (tertiary/aromatic N) is 3. The number of carbonyl (C=O) groups excluding carboxylic acids is 2. The van der Waals surface area contributed by atoms with Crippen molar-refractivity contribution in [1.29, 1.82) is 0 Å². The fourth-order valence-corrected chi connectivity index (χ4v) is 4.58. The zero-order valence-corrected chi connectivity index (χ0v) is 17.9. The number of piperidine rings is 1. The van der Waals surface area contributed by atoms with Crippen molar-refractivity contribution in [3.63, 3.8) is 0 Å². The lowest BCUT2D eigenvalue weighted by atomic mass is 9.81. The van der Waals surface area contributed by atoms with Crippen molar-refractivity contribution in [2.75, 3.05) is 26.7 Å². The van der Waals surface area contributed by atoms with Gasteiger partial charge in [0.15, 0.2) is 0 Å². The SMILES string of the molecule is COc1cccc(CN2CC=CCC(C3CCN(C(=O)c4ccncc4)CC3)C2=O)c1. The molecule has 1 fully saturated rings. The van der Waals surface area contributed by atoms with Crippen molar-refractivity contribution < 1.29 is 14.3 Å². The smallest absolute Gasteiger partial charge is 0.253 e. The molecular formula is C25H29N3O3. The molecule has 0 N–H and O–H groups in total. The van der Waals surface area contributed by atoms with E-state index in [2.05, 4.69) is 17.1 Å². The molecule has 162 valence electrons. The van der Waals surface area contributed by atoms with E-state index in [1.165, 1.54) is 0 Å². The largest absolute Gasteiger partial charge is 0.497 e. The van der Waals surface area contributed by atoms with E-state index in [4.69, 9.17) is 4.74 Å². The van der Waals surface area contributed by atoms with Gasteiger partial charge in [-0.25, -0.2) is 0 Å². The maximum absolute atomic E-state index is 13.4. The molecule has 2 aromatic rings. The number of ether oxygens (including phenoxy) is 1. The number of aromatic nitrogens is 1. The molecular weight excluding hydrogens is 390 g/mol. The molecule has 0 bridgehead atoms. The van der Waals surface area contributed by atoms with E-state index in [0.717, 1.165) is 30.6 Å². The van der Waals surface area contributed by atoms with Gasteiger partial charge < -0.3 is 14.5 Å². The van der Waals surface area contributed by atoms with Crippen LogP contribution in [0, 0.1) is 11.8 Å².